The lowest BCUT2D eigenvalue weighted by Crippen LogP contribution is -2.48. The van der Waals surface area contributed by atoms with E-state index >= 15 is 0 Å². The minimum atomic E-state index is -2.31. The van der Waals surface area contributed by atoms with Gasteiger partial charge in [0.1, 0.15) is 17.5 Å². The van der Waals surface area contributed by atoms with Gasteiger partial charge >= 0.3 is 5.97 Å². The molecule has 2 atom stereocenters. The molecule has 2 aromatic rings. The third-order valence-corrected chi connectivity index (χ3v) is 5.64. The fourth-order valence-electron chi connectivity index (χ4n) is 3.99. The van der Waals surface area contributed by atoms with Gasteiger partial charge in [0.05, 0.1) is 12.3 Å². The highest BCUT2D eigenvalue weighted by molar-refractivity contribution is 6.33. The molecule has 0 saturated carbocycles. The third kappa shape index (κ3) is 2.40. The second-order valence-electron chi connectivity index (χ2n) is 6.86. The summed E-state index contributed by atoms with van der Waals surface area (Å²) in [5.41, 5.74) is -1.33. The average Bonchev–Trinajstić information content (AvgIpc) is 3.18. The first kappa shape index (κ1) is 18.6. The molecule has 0 aromatic heterocycles. The van der Waals surface area contributed by atoms with Crippen molar-refractivity contribution in [1.82, 2.24) is 0 Å². The molecular weight excluding hydrogens is 386 g/mol. The molecule has 0 saturated heterocycles. The standard InChI is InChI=1S/C20H18ClNO6/c1-2-13(18(24)25)22-14-5-3-4-12(21)17(14)20(27,19(22)26)11-8-10-6-7-28-16(10)9-15(11)23/h3-5,8-9,13,23,27H,2,6-7H2,1H3,(H,24,25). The number of anilines is 1. The van der Waals surface area contributed by atoms with Crippen molar-refractivity contribution in [3.05, 3.63) is 52.0 Å². The van der Waals surface area contributed by atoms with Crippen LogP contribution in [0.5, 0.6) is 11.5 Å². The van der Waals surface area contributed by atoms with E-state index < -0.39 is 23.5 Å². The largest absolute Gasteiger partial charge is 0.507 e. The minimum Gasteiger partial charge on any atom is -0.507 e. The Morgan fingerprint density at radius 2 is 2.14 bits per heavy atom. The van der Waals surface area contributed by atoms with Gasteiger partial charge in [0.2, 0.25) is 5.60 Å². The molecule has 1 amide bonds. The highest BCUT2D eigenvalue weighted by Gasteiger charge is 2.56. The van der Waals surface area contributed by atoms with E-state index in [1.807, 2.05) is 0 Å². The predicted octanol–water partition coefficient (Wildman–Crippen LogP) is 2.43. The number of hydrogen-bond donors (Lipinski definition) is 3. The molecule has 2 unspecified atom stereocenters. The monoisotopic (exact) mass is 403 g/mol. The number of amides is 1. The van der Waals surface area contributed by atoms with Gasteiger partial charge in [0.25, 0.3) is 5.91 Å². The van der Waals surface area contributed by atoms with Gasteiger partial charge in [-0.15, -0.1) is 0 Å². The molecule has 7 nitrogen and oxygen atoms in total. The van der Waals surface area contributed by atoms with Crippen LogP contribution in [-0.4, -0.2) is 39.8 Å². The summed E-state index contributed by atoms with van der Waals surface area (Å²) in [7, 11) is 0. The summed E-state index contributed by atoms with van der Waals surface area (Å²) in [5.74, 6) is -1.90. The minimum absolute atomic E-state index is 0.0427. The number of phenolic OH excluding ortho intramolecular Hbond substituents is 1. The number of halogens is 1. The van der Waals surface area contributed by atoms with Crippen molar-refractivity contribution in [1.29, 1.82) is 0 Å². The van der Waals surface area contributed by atoms with Crippen molar-refractivity contribution in [3.8, 4) is 11.5 Å². The molecule has 0 fully saturated rings. The SMILES string of the molecule is CCC(C(=O)O)N1C(=O)C(O)(c2cc3c(cc2O)OCC3)c2c(Cl)cccc21. The molecule has 8 heteroatoms. The Bertz CT molecular complexity index is 1010. The number of ether oxygens (including phenoxy) is 1. The van der Waals surface area contributed by atoms with Gasteiger partial charge in [0, 0.05) is 28.6 Å². The van der Waals surface area contributed by atoms with E-state index in [2.05, 4.69) is 0 Å². The summed E-state index contributed by atoms with van der Waals surface area (Å²) in [5, 5.41) is 31.9. The number of phenols is 1. The number of carbonyl (C=O) groups excluding carboxylic acids is 1. The van der Waals surface area contributed by atoms with E-state index in [-0.39, 0.29) is 34.0 Å². The first-order chi connectivity index (χ1) is 13.3. The number of hydrogen-bond acceptors (Lipinski definition) is 5. The van der Waals surface area contributed by atoms with Crippen molar-refractivity contribution < 1.29 is 29.6 Å². The molecule has 2 aliphatic rings. The number of rotatable bonds is 4. The predicted molar refractivity (Wildman–Crippen MR) is 101 cm³/mol. The lowest BCUT2D eigenvalue weighted by atomic mass is 9.85. The molecule has 0 spiro atoms. The van der Waals surface area contributed by atoms with Crippen LogP contribution < -0.4 is 9.64 Å². The summed E-state index contributed by atoms with van der Waals surface area (Å²) >= 11 is 6.34. The number of aromatic hydroxyl groups is 1. The number of benzene rings is 2. The fraction of sp³-hybridized carbons (Fsp3) is 0.300. The molecule has 0 radical (unpaired) electrons. The summed E-state index contributed by atoms with van der Waals surface area (Å²) in [4.78, 5) is 26.2. The zero-order valence-corrected chi connectivity index (χ0v) is 15.7. The van der Waals surface area contributed by atoms with Crippen LogP contribution in [0, 0.1) is 0 Å². The van der Waals surface area contributed by atoms with Crippen LogP contribution in [0.15, 0.2) is 30.3 Å². The maximum atomic E-state index is 13.4. The molecule has 2 aromatic carbocycles. The Hall–Kier alpha value is -2.77. The Labute approximate surface area is 165 Å². The number of aliphatic carboxylic acids is 1. The number of carboxylic acid groups (broad SMARTS) is 1. The van der Waals surface area contributed by atoms with Gasteiger partial charge in [-0.25, -0.2) is 4.79 Å². The van der Waals surface area contributed by atoms with Crippen molar-refractivity contribution in [2.45, 2.75) is 31.4 Å². The molecule has 3 N–H and O–H groups in total. The van der Waals surface area contributed by atoms with E-state index in [9.17, 15) is 24.9 Å². The van der Waals surface area contributed by atoms with E-state index in [0.29, 0.717) is 18.8 Å². The molecule has 2 aliphatic heterocycles. The Kier molecular flexibility index (Phi) is 4.24. The average molecular weight is 404 g/mol. The highest BCUT2D eigenvalue weighted by atomic mass is 35.5. The summed E-state index contributed by atoms with van der Waals surface area (Å²) < 4.78 is 5.42. The van der Waals surface area contributed by atoms with Crippen LogP contribution in [0.4, 0.5) is 5.69 Å². The topological polar surface area (TPSA) is 107 Å². The van der Waals surface area contributed by atoms with Gasteiger partial charge in [-0.2, -0.15) is 0 Å². The molecule has 4 rings (SSSR count). The molecule has 0 bridgehead atoms. The van der Waals surface area contributed by atoms with Crippen LogP contribution in [0.1, 0.15) is 30.0 Å². The number of carbonyl (C=O) groups is 2. The zero-order chi connectivity index (χ0) is 20.2. The number of carboxylic acids is 1. The molecular formula is C20H18ClNO6. The first-order valence-corrected chi connectivity index (χ1v) is 9.25. The summed E-state index contributed by atoms with van der Waals surface area (Å²) in [6.07, 6.45) is 0.700. The lowest BCUT2D eigenvalue weighted by Gasteiger charge is -2.27. The number of nitrogens with zero attached hydrogens (tertiary/aromatic N) is 1. The summed E-state index contributed by atoms with van der Waals surface area (Å²) in [6, 6.07) is 6.33. The highest BCUT2D eigenvalue weighted by Crippen LogP contribution is 2.51. The molecule has 0 aliphatic carbocycles. The van der Waals surface area contributed by atoms with E-state index in [0.717, 1.165) is 10.5 Å². The van der Waals surface area contributed by atoms with Crippen LogP contribution in [0.2, 0.25) is 5.02 Å². The normalized spacial score (nSPS) is 21.2. The van der Waals surface area contributed by atoms with Crippen molar-refractivity contribution in [3.63, 3.8) is 0 Å². The third-order valence-electron chi connectivity index (χ3n) is 5.32. The van der Waals surface area contributed by atoms with Gasteiger partial charge in [-0.05, 0) is 30.2 Å². The lowest BCUT2D eigenvalue weighted by molar-refractivity contribution is -0.142. The second-order valence-corrected chi connectivity index (χ2v) is 7.26. The Balaban J connectivity index is 1.98. The van der Waals surface area contributed by atoms with Crippen LogP contribution >= 0.6 is 11.6 Å². The van der Waals surface area contributed by atoms with Gasteiger partial charge in [-0.3, -0.25) is 9.69 Å². The van der Waals surface area contributed by atoms with E-state index in [4.69, 9.17) is 16.3 Å². The molecule has 2 heterocycles. The quantitative estimate of drug-likeness (QED) is 0.723. The van der Waals surface area contributed by atoms with Crippen molar-refractivity contribution in [2.75, 3.05) is 11.5 Å². The maximum Gasteiger partial charge on any atom is 0.326 e. The van der Waals surface area contributed by atoms with Crippen LogP contribution in [0.3, 0.4) is 0 Å². The Morgan fingerprint density at radius 1 is 1.39 bits per heavy atom. The zero-order valence-electron chi connectivity index (χ0n) is 15.0. The van der Waals surface area contributed by atoms with Gasteiger partial charge in [0.15, 0.2) is 0 Å². The van der Waals surface area contributed by atoms with E-state index in [1.54, 1.807) is 13.0 Å². The first-order valence-electron chi connectivity index (χ1n) is 8.87. The Morgan fingerprint density at radius 3 is 2.82 bits per heavy atom. The molecule has 28 heavy (non-hydrogen) atoms. The fourth-order valence-corrected chi connectivity index (χ4v) is 4.30. The van der Waals surface area contributed by atoms with E-state index in [1.165, 1.54) is 24.3 Å². The smallest absolute Gasteiger partial charge is 0.326 e. The maximum absolute atomic E-state index is 13.4. The second kappa shape index (κ2) is 6.39. The number of aliphatic hydroxyl groups is 1. The van der Waals surface area contributed by atoms with Gasteiger partial charge in [-0.1, -0.05) is 24.6 Å². The molecule has 146 valence electrons. The van der Waals surface area contributed by atoms with Crippen LogP contribution in [0.25, 0.3) is 0 Å². The number of fused-ring (bicyclic) bond motifs is 2. The van der Waals surface area contributed by atoms with Crippen molar-refractivity contribution >= 4 is 29.2 Å². The van der Waals surface area contributed by atoms with Crippen LogP contribution in [-0.2, 0) is 21.6 Å². The van der Waals surface area contributed by atoms with Gasteiger partial charge < -0.3 is 20.1 Å². The van der Waals surface area contributed by atoms with Crippen molar-refractivity contribution in [2.24, 2.45) is 0 Å². The summed E-state index contributed by atoms with van der Waals surface area (Å²) in [6.45, 7) is 2.07.